The number of halogens is 2. The van der Waals surface area contributed by atoms with Crippen LogP contribution in [0, 0.1) is 0 Å². The fraction of sp³-hybridized carbons (Fsp3) is 0.273. The first-order valence-corrected chi connectivity index (χ1v) is 5.18. The van der Waals surface area contributed by atoms with Gasteiger partial charge in [0.15, 0.2) is 0 Å². The molecule has 0 bridgehead atoms. The lowest BCUT2D eigenvalue weighted by Gasteiger charge is -2.17. The first kappa shape index (κ1) is 14.7. The van der Waals surface area contributed by atoms with Gasteiger partial charge in [0.2, 0.25) is 0 Å². The Bertz CT molecular complexity index is 468. The SMILES string of the molecule is CN(CC(=O)O)C(=O)Nc1ccccc1OC(F)F. The number of rotatable bonds is 5. The summed E-state index contributed by atoms with van der Waals surface area (Å²) >= 11 is 0. The zero-order valence-electron chi connectivity index (χ0n) is 9.97. The van der Waals surface area contributed by atoms with Crippen LogP contribution >= 0.6 is 0 Å². The van der Waals surface area contributed by atoms with E-state index < -0.39 is 25.2 Å². The molecule has 104 valence electrons. The summed E-state index contributed by atoms with van der Waals surface area (Å²) in [5, 5.41) is 10.8. The Hall–Kier alpha value is -2.38. The standard InChI is InChI=1S/C11H12F2N2O4/c1-15(6-9(16)17)11(18)14-7-4-2-3-5-8(7)19-10(12)13/h2-5,10H,6H2,1H3,(H,14,18)(H,16,17). The zero-order chi connectivity index (χ0) is 14.4. The first-order valence-electron chi connectivity index (χ1n) is 5.18. The molecule has 6 nitrogen and oxygen atoms in total. The number of urea groups is 1. The summed E-state index contributed by atoms with van der Waals surface area (Å²) in [6.45, 7) is -3.53. The van der Waals surface area contributed by atoms with Crippen molar-refractivity contribution in [3.05, 3.63) is 24.3 Å². The molecule has 0 spiro atoms. The molecule has 0 aliphatic heterocycles. The third-order valence-corrected chi connectivity index (χ3v) is 2.06. The van der Waals surface area contributed by atoms with Crippen molar-refractivity contribution in [2.75, 3.05) is 18.9 Å². The van der Waals surface area contributed by atoms with Crippen molar-refractivity contribution in [1.29, 1.82) is 0 Å². The van der Waals surface area contributed by atoms with E-state index >= 15 is 0 Å². The van der Waals surface area contributed by atoms with E-state index in [2.05, 4.69) is 10.1 Å². The van der Waals surface area contributed by atoms with E-state index in [-0.39, 0.29) is 11.4 Å². The number of hydrogen-bond donors (Lipinski definition) is 2. The number of nitrogens with zero attached hydrogens (tertiary/aromatic N) is 1. The molecular formula is C11H12F2N2O4. The Labute approximate surface area is 107 Å². The van der Waals surface area contributed by atoms with Crippen LogP contribution in [0.1, 0.15) is 0 Å². The normalized spacial score (nSPS) is 10.1. The number of carbonyl (C=O) groups excluding carboxylic acids is 1. The number of carboxylic acid groups (broad SMARTS) is 1. The number of aliphatic carboxylic acids is 1. The molecule has 1 aromatic carbocycles. The number of amides is 2. The highest BCUT2D eigenvalue weighted by molar-refractivity contribution is 5.92. The number of para-hydroxylation sites is 2. The van der Waals surface area contributed by atoms with Crippen molar-refractivity contribution in [3.63, 3.8) is 0 Å². The molecule has 0 radical (unpaired) electrons. The third-order valence-electron chi connectivity index (χ3n) is 2.06. The molecule has 0 unspecified atom stereocenters. The summed E-state index contributed by atoms with van der Waals surface area (Å²) < 4.78 is 28.5. The lowest BCUT2D eigenvalue weighted by Crippen LogP contribution is -2.35. The summed E-state index contributed by atoms with van der Waals surface area (Å²) in [5.74, 6) is -1.38. The number of nitrogens with one attached hydrogen (secondary N) is 1. The predicted molar refractivity (Wildman–Crippen MR) is 62.4 cm³/mol. The molecule has 2 N–H and O–H groups in total. The number of likely N-dealkylation sites (N-methyl/N-ethyl adjacent to an activating group) is 1. The molecule has 19 heavy (non-hydrogen) atoms. The molecule has 0 atom stereocenters. The van der Waals surface area contributed by atoms with E-state index in [9.17, 15) is 18.4 Å². The van der Waals surface area contributed by atoms with Gasteiger partial charge in [-0.1, -0.05) is 12.1 Å². The lowest BCUT2D eigenvalue weighted by molar-refractivity contribution is -0.137. The van der Waals surface area contributed by atoms with E-state index in [4.69, 9.17) is 5.11 Å². The molecule has 2 amide bonds. The van der Waals surface area contributed by atoms with Gasteiger partial charge in [-0.25, -0.2) is 4.79 Å². The van der Waals surface area contributed by atoms with Crippen LogP contribution in [0.2, 0.25) is 0 Å². The van der Waals surface area contributed by atoms with Crippen LogP contribution in [0.25, 0.3) is 0 Å². The maximum absolute atomic E-state index is 12.1. The van der Waals surface area contributed by atoms with Crippen LogP contribution in [0.3, 0.4) is 0 Å². The minimum atomic E-state index is -3.02. The van der Waals surface area contributed by atoms with Gasteiger partial charge in [0.25, 0.3) is 0 Å². The molecule has 1 aromatic rings. The zero-order valence-corrected chi connectivity index (χ0v) is 9.97. The number of anilines is 1. The summed E-state index contributed by atoms with van der Waals surface area (Å²) in [5.41, 5.74) is 0.0324. The van der Waals surface area contributed by atoms with Crippen LogP contribution in [0.4, 0.5) is 19.3 Å². The van der Waals surface area contributed by atoms with Gasteiger partial charge >= 0.3 is 18.6 Å². The van der Waals surface area contributed by atoms with Gasteiger partial charge in [-0.15, -0.1) is 0 Å². The molecule has 8 heteroatoms. The first-order chi connectivity index (χ1) is 8.90. The quantitative estimate of drug-likeness (QED) is 0.858. The van der Waals surface area contributed by atoms with Crippen LogP contribution in [0.5, 0.6) is 5.75 Å². The Morgan fingerprint density at radius 3 is 2.63 bits per heavy atom. The molecule has 0 saturated heterocycles. The number of hydrogen-bond acceptors (Lipinski definition) is 3. The van der Waals surface area contributed by atoms with Crippen molar-refractivity contribution in [3.8, 4) is 5.75 Å². The maximum atomic E-state index is 12.1. The molecule has 0 saturated carbocycles. The van der Waals surface area contributed by atoms with Gasteiger partial charge in [0, 0.05) is 7.05 Å². The molecule has 0 aromatic heterocycles. The fourth-order valence-electron chi connectivity index (χ4n) is 1.25. The number of ether oxygens (including phenoxy) is 1. The Balaban J connectivity index is 2.76. The average molecular weight is 274 g/mol. The van der Waals surface area contributed by atoms with E-state index in [1.54, 1.807) is 0 Å². The second kappa shape index (κ2) is 6.53. The van der Waals surface area contributed by atoms with Gasteiger partial charge in [-0.05, 0) is 12.1 Å². The summed E-state index contributed by atoms with van der Waals surface area (Å²) in [6, 6.07) is 4.87. The maximum Gasteiger partial charge on any atom is 0.387 e. The predicted octanol–water partition coefficient (Wildman–Crippen LogP) is 1.84. The summed E-state index contributed by atoms with van der Waals surface area (Å²) in [6.07, 6.45) is 0. The van der Waals surface area contributed by atoms with Gasteiger partial charge < -0.3 is 20.1 Å². The van der Waals surface area contributed by atoms with Crippen molar-refractivity contribution in [1.82, 2.24) is 4.90 Å². The van der Waals surface area contributed by atoms with Crippen LogP contribution < -0.4 is 10.1 Å². The Kier molecular flexibility index (Phi) is 5.04. The van der Waals surface area contributed by atoms with E-state index in [0.717, 1.165) is 4.90 Å². The summed E-state index contributed by atoms with van der Waals surface area (Å²) in [4.78, 5) is 22.9. The van der Waals surface area contributed by atoms with Crippen LogP contribution in [-0.4, -0.2) is 42.2 Å². The molecule has 0 fully saturated rings. The lowest BCUT2D eigenvalue weighted by atomic mass is 10.3. The summed E-state index contributed by atoms with van der Waals surface area (Å²) in [7, 11) is 1.26. The van der Waals surface area contributed by atoms with Crippen molar-refractivity contribution < 1.29 is 28.2 Å². The van der Waals surface area contributed by atoms with E-state index in [0.29, 0.717) is 0 Å². The van der Waals surface area contributed by atoms with Crippen molar-refractivity contribution in [2.24, 2.45) is 0 Å². The topological polar surface area (TPSA) is 78.9 Å². The number of carboxylic acids is 1. The number of alkyl halides is 2. The number of carbonyl (C=O) groups is 2. The van der Waals surface area contributed by atoms with Gasteiger partial charge in [0.1, 0.15) is 12.3 Å². The van der Waals surface area contributed by atoms with Gasteiger partial charge in [-0.3, -0.25) is 4.79 Å². The highest BCUT2D eigenvalue weighted by atomic mass is 19.3. The van der Waals surface area contributed by atoms with Crippen LogP contribution in [-0.2, 0) is 4.79 Å². The van der Waals surface area contributed by atoms with Crippen molar-refractivity contribution >= 4 is 17.7 Å². The largest absolute Gasteiger partial charge is 0.480 e. The fourth-order valence-corrected chi connectivity index (χ4v) is 1.25. The van der Waals surface area contributed by atoms with E-state index in [1.165, 1.54) is 31.3 Å². The monoisotopic (exact) mass is 274 g/mol. The minimum absolute atomic E-state index is 0.0324. The average Bonchev–Trinajstić information content (AvgIpc) is 2.30. The van der Waals surface area contributed by atoms with Crippen LogP contribution in [0.15, 0.2) is 24.3 Å². The van der Waals surface area contributed by atoms with Crippen molar-refractivity contribution in [2.45, 2.75) is 6.61 Å². The molecular weight excluding hydrogens is 262 g/mol. The van der Waals surface area contributed by atoms with E-state index in [1.807, 2.05) is 0 Å². The Morgan fingerprint density at radius 1 is 1.42 bits per heavy atom. The molecule has 0 aliphatic carbocycles. The third kappa shape index (κ3) is 4.78. The smallest absolute Gasteiger partial charge is 0.387 e. The number of benzene rings is 1. The highest BCUT2D eigenvalue weighted by Crippen LogP contribution is 2.25. The second-order valence-electron chi connectivity index (χ2n) is 3.55. The molecule has 1 rings (SSSR count). The minimum Gasteiger partial charge on any atom is -0.480 e. The van der Waals surface area contributed by atoms with Gasteiger partial charge in [-0.2, -0.15) is 8.78 Å². The molecule has 0 heterocycles. The van der Waals surface area contributed by atoms with Gasteiger partial charge in [0.05, 0.1) is 5.69 Å². The highest BCUT2D eigenvalue weighted by Gasteiger charge is 2.15. The molecule has 0 aliphatic rings. The second-order valence-corrected chi connectivity index (χ2v) is 3.55. The Morgan fingerprint density at radius 2 is 2.05 bits per heavy atom.